The van der Waals surface area contributed by atoms with Gasteiger partial charge in [-0.05, 0) is 31.0 Å². The van der Waals surface area contributed by atoms with Gasteiger partial charge in [-0.3, -0.25) is 10.6 Å². The van der Waals surface area contributed by atoms with Crippen molar-refractivity contribution in [2.75, 3.05) is 18.6 Å². The molecule has 0 spiro atoms. The number of rotatable bonds is 4. The molecule has 17 heavy (non-hydrogen) atoms. The predicted molar refractivity (Wildman–Crippen MR) is 65.6 cm³/mol. The van der Waals surface area contributed by atoms with E-state index in [2.05, 4.69) is 10.7 Å². The minimum atomic E-state index is -0.0994. The molecular formula is C12H17N3O2. The Hall–Kier alpha value is -1.59. The molecule has 1 saturated heterocycles. The van der Waals surface area contributed by atoms with Crippen LogP contribution in [0.15, 0.2) is 24.3 Å². The minimum absolute atomic E-state index is 0.0994. The molecule has 1 aliphatic rings. The summed E-state index contributed by atoms with van der Waals surface area (Å²) >= 11 is 0. The highest BCUT2D eigenvalue weighted by molar-refractivity contribution is 5.95. The van der Waals surface area contributed by atoms with E-state index in [1.165, 1.54) is 0 Å². The zero-order valence-corrected chi connectivity index (χ0v) is 9.61. The smallest absolute Gasteiger partial charge is 0.251 e. The lowest BCUT2D eigenvalue weighted by Crippen LogP contribution is -2.31. The van der Waals surface area contributed by atoms with E-state index in [-0.39, 0.29) is 12.0 Å². The highest BCUT2D eigenvalue weighted by atomic mass is 16.5. The molecule has 1 atom stereocenters. The van der Waals surface area contributed by atoms with Crippen LogP contribution in [0.4, 0.5) is 5.69 Å². The predicted octanol–water partition coefficient (Wildman–Crippen LogP) is 0.881. The second-order valence-corrected chi connectivity index (χ2v) is 4.07. The summed E-state index contributed by atoms with van der Waals surface area (Å²) in [7, 11) is 0. The molecule has 0 aromatic heterocycles. The first kappa shape index (κ1) is 11.9. The molecule has 5 nitrogen and oxygen atoms in total. The topological polar surface area (TPSA) is 76.4 Å². The Balaban J connectivity index is 1.89. The summed E-state index contributed by atoms with van der Waals surface area (Å²) in [6.45, 7) is 1.37. The quantitative estimate of drug-likeness (QED) is 0.535. The summed E-state index contributed by atoms with van der Waals surface area (Å²) in [5.74, 6) is 5.19. The third-order valence-electron chi connectivity index (χ3n) is 2.81. The number of hydrazine groups is 1. The molecule has 5 heteroatoms. The molecule has 2 rings (SSSR count). The molecule has 0 aliphatic carbocycles. The minimum Gasteiger partial charge on any atom is -0.376 e. The van der Waals surface area contributed by atoms with Crippen molar-refractivity contribution in [2.45, 2.75) is 18.9 Å². The Morgan fingerprint density at radius 3 is 3.12 bits per heavy atom. The number of amides is 1. The molecule has 92 valence electrons. The van der Waals surface area contributed by atoms with E-state index in [0.717, 1.165) is 25.1 Å². The second-order valence-electron chi connectivity index (χ2n) is 4.07. The van der Waals surface area contributed by atoms with Gasteiger partial charge in [0.05, 0.1) is 6.10 Å². The molecule has 4 N–H and O–H groups in total. The number of nitrogens with one attached hydrogen (secondary N) is 2. The number of carbonyl (C=O) groups excluding carboxylic acids is 1. The van der Waals surface area contributed by atoms with Gasteiger partial charge in [0.1, 0.15) is 0 Å². The van der Waals surface area contributed by atoms with E-state index in [1.807, 2.05) is 0 Å². The van der Waals surface area contributed by atoms with Gasteiger partial charge in [0, 0.05) is 24.4 Å². The maximum Gasteiger partial charge on any atom is 0.251 e. The number of hydrogen-bond donors (Lipinski definition) is 3. The van der Waals surface area contributed by atoms with Gasteiger partial charge in [-0.1, -0.05) is 6.07 Å². The van der Waals surface area contributed by atoms with Gasteiger partial charge in [-0.2, -0.15) is 0 Å². The van der Waals surface area contributed by atoms with Gasteiger partial charge in [0.15, 0.2) is 0 Å². The standard InChI is InChI=1S/C12H17N3O2/c13-15-10-4-1-3-9(7-10)12(16)14-8-11-5-2-6-17-11/h1,3-4,7,11,15H,2,5-6,8,13H2,(H,14,16)/t11-/m0/s1. The molecule has 0 unspecified atom stereocenters. The van der Waals surface area contributed by atoms with Gasteiger partial charge >= 0.3 is 0 Å². The summed E-state index contributed by atoms with van der Waals surface area (Å²) in [6, 6.07) is 7.06. The summed E-state index contributed by atoms with van der Waals surface area (Å²) in [4.78, 5) is 11.8. The Kier molecular flexibility index (Phi) is 3.95. The second kappa shape index (κ2) is 5.65. The van der Waals surface area contributed by atoms with E-state index >= 15 is 0 Å². The monoisotopic (exact) mass is 235 g/mol. The number of ether oxygens (including phenoxy) is 1. The molecule has 1 aromatic carbocycles. The number of benzene rings is 1. The molecule has 1 aromatic rings. The molecule has 0 bridgehead atoms. The van der Waals surface area contributed by atoms with Crippen molar-refractivity contribution in [2.24, 2.45) is 5.84 Å². The summed E-state index contributed by atoms with van der Waals surface area (Å²) in [5.41, 5.74) is 3.83. The van der Waals surface area contributed by atoms with Crippen molar-refractivity contribution < 1.29 is 9.53 Å². The number of nitrogen functional groups attached to an aromatic ring is 1. The average Bonchev–Trinajstić information content (AvgIpc) is 2.89. The number of hydrogen-bond acceptors (Lipinski definition) is 4. The SMILES string of the molecule is NNc1cccc(C(=O)NC[C@@H]2CCCO2)c1. The van der Waals surface area contributed by atoms with Crippen LogP contribution < -0.4 is 16.6 Å². The first-order valence-electron chi connectivity index (χ1n) is 5.76. The third-order valence-corrected chi connectivity index (χ3v) is 2.81. The summed E-state index contributed by atoms with van der Waals surface area (Å²) in [5, 5.41) is 2.86. The van der Waals surface area contributed by atoms with E-state index in [4.69, 9.17) is 10.6 Å². The van der Waals surface area contributed by atoms with Crippen molar-refractivity contribution in [3.8, 4) is 0 Å². The van der Waals surface area contributed by atoms with Crippen LogP contribution in [0.2, 0.25) is 0 Å². The Bertz CT molecular complexity index is 389. The largest absolute Gasteiger partial charge is 0.376 e. The van der Waals surface area contributed by atoms with Crippen LogP contribution in [0.3, 0.4) is 0 Å². The molecule has 1 fully saturated rings. The lowest BCUT2D eigenvalue weighted by atomic mass is 10.2. The Morgan fingerprint density at radius 1 is 1.53 bits per heavy atom. The van der Waals surface area contributed by atoms with Gasteiger partial charge in [0.25, 0.3) is 5.91 Å². The fourth-order valence-electron chi connectivity index (χ4n) is 1.86. The molecular weight excluding hydrogens is 218 g/mol. The van der Waals surface area contributed by atoms with Crippen molar-refractivity contribution in [1.29, 1.82) is 0 Å². The Morgan fingerprint density at radius 2 is 2.41 bits per heavy atom. The normalized spacial score (nSPS) is 19.0. The fraction of sp³-hybridized carbons (Fsp3) is 0.417. The molecule has 0 saturated carbocycles. The molecule has 1 heterocycles. The zero-order valence-electron chi connectivity index (χ0n) is 9.61. The van der Waals surface area contributed by atoms with Crippen molar-refractivity contribution in [3.05, 3.63) is 29.8 Å². The highest BCUT2D eigenvalue weighted by Crippen LogP contribution is 2.12. The molecule has 1 aliphatic heterocycles. The van der Waals surface area contributed by atoms with Gasteiger partial charge in [0.2, 0.25) is 0 Å². The van der Waals surface area contributed by atoms with Gasteiger partial charge in [-0.25, -0.2) is 0 Å². The highest BCUT2D eigenvalue weighted by Gasteiger charge is 2.16. The number of carbonyl (C=O) groups is 1. The van der Waals surface area contributed by atoms with Crippen molar-refractivity contribution in [3.63, 3.8) is 0 Å². The maximum absolute atomic E-state index is 11.8. The van der Waals surface area contributed by atoms with Crippen molar-refractivity contribution >= 4 is 11.6 Å². The maximum atomic E-state index is 11.8. The van der Waals surface area contributed by atoms with Gasteiger partial charge < -0.3 is 15.5 Å². The van der Waals surface area contributed by atoms with Crippen LogP contribution in [-0.2, 0) is 4.74 Å². The van der Waals surface area contributed by atoms with Crippen LogP contribution in [0.5, 0.6) is 0 Å². The first-order valence-corrected chi connectivity index (χ1v) is 5.76. The Labute approximate surface area is 100 Å². The first-order chi connectivity index (χ1) is 8.29. The van der Waals surface area contributed by atoms with E-state index < -0.39 is 0 Å². The summed E-state index contributed by atoms with van der Waals surface area (Å²) in [6.07, 6.45) is 2.26. The van der Waals surface area contributed by atoms with Crippen molar-refractivity contribution in [1.82, 2.24) is 5.32 Å². The lowest BCUT2D eigenvalue weighted by Gasteiger charge is -2.11. The number of nitrogens with two attached hydrogens (primary N) is 1. The summed E-state index contributed by atoms with van der Waals surface area (Å²) < 4.78 is 5.44. The average molecular weight is 235 g/mol. The van der Waals surface area contributed by atoms with E-state index in [9.17, 15) is 4.79 Å². The van der Waals surface area contributed by atoms with Crippen LogP contribution >= 0.6 is 0 Å². The third kappa shape index (κ3) is 3.18. The molecule has 0 radical (unpaired) electrons. The number of anilines is 1. The van der Waals surface area contributed by atoms with Gasteiger partial charge in [-0.15, -0.1) is 0 Å². The van der Waals surface area contributed by atoms with E-state index in [1.54, 1.807) is 24.3 Å². The zero-order chi connectivity index (χ0) is 12.1. The van der Waals surface area contributed by atoms with Crippen LogP contribution in [0.1, 0.15) is 23.2 Å². The van der Waals surface area contributed by atoms with Crippen LogP contribution in [0.25, 0.3) is 0 Å². The molecule has 1 amide bonds. The van der Waals surface area contributed by atoms with Crippen LogP contribution in [0, 0.1) is 0 Å². The fourth-order valence-corrected chi connectivity index (χ4v) is 1.86. The lowest BCUT2D eigenvalue weighted by molar-refractivity contribution is 0.0858. The van der Waals surface area contributed by atoms with Crippen LogP contribution in [-0.4, -0.2) is 25.2 Å². The van der Waals surface area contributed by atoms with E-state index in [0.29, 0.717) is 12.1 Å².